The Morgan fingerprint density at radius 1 is 0.968 bits per heavy atom. The van der Waals surface area contributed by atoms with Crippen LogP contribution < -0.4 is 9.75 Å². The van der Waals surface area contributed by atoms with E-state index in [9.17, 15) is 4.39 Å². The number of rotatable bonds is 6. The number of ether oxygens (including phenoxy) is 1. The molecule has 5 heteroatoms. The van der Waals surface area contributed by atoms with Crippen molar-refractivity contribution in [3.8, 4) is 5.75 Å². The Kier molecular flexibility index (Phi) is 5.16. The lowest BCUT2D eigenvalue weighted by molar-refractivity contribution is 0.392. The molecule has 3 aromatic rings. The van der Waals surface area contributed by atoms with Crippen LogP contribution in [0.15, 0.2) is 95.7 Å². The number of benzene rings is 3. The highest BCUT2D eigenvalue weighted by atomic mass is 19.1. The van der Waals surface area contributed by atoms with E-state index in [1.165, 1.54) is 17.7 Å². The molecule has 3 aromatic carbocycles. The van der Waals surface area contributed by atoms with Gasteiger partial charge in [-0.3, -0.25) is 5.01 Å². The summed E-state index contributed by atoms with van der Waals surface area (Å²) in [7, 11) is 1.67. The van der Waals surface area contributed by atoms with Crippen molar-refractivity contribution in [3.63, 3.8) is 0 Å². The highest BCUT2D eigenvalue weighted by Crippen LogP contribution is 2.35. The Morgan fingerprint density at radius 3 is 2.42 bits per heavy atom. The summed E-state index contributed by atoms with van der Waals surface area (Å²) >= 11 is 0. The van der Waals surface area contributed by atoms with Crippen molar-refractivity contribution in [2.24, 2.45) is 5.10 Å². The first kappa shape index (κ1) is 19.4. The number of hydrogen-bond donors (Lipinski definition) is 0. The molecule has 0 fully saturated rings. The quantitative estimate of drug-likeness (QED) is 0.577. The molecule has 0 aromatic heterocycles. The standard InChI is InChI=1S/C26H24FN3O/c1-31-23-13-11-22(12-14-23)30-25-18-29(16-15-19-7-9-21(27)10-8-19)17-24(25)26(28-30)20-5-3-2-4-6-20/h2-14,17,25H,15-16,18H2,1H3. The van der Waals surface area contributed by atoms with Crippen LogP contribution in [0.25, 0.3) is 0 Å². The predicted octanol–water partition coefficient (Wildman–Crippen LogP) is 4.87. The number of fused-ring (bicyclic) bond motifs is 1. The molecule has 0 saturated heterocycles. The normalized spacial score (nSPS) is 17.4. The van der Waals surface area contributed by atoms with Gasteiger partial charge in [-0.15, -0.1) is 0 Å². The topological polar surface area (TPSA) is 28.1 Å². The van der Waals surface area contributed by atoms with E-state index in [-0.39, 0.29) is 11.9 Å². The van der Waals surface area contributed by atoms with Gasteiger partial charge in [0.1, 0.15) is 11.6 Å². The van der Waals surface area contributed by atoms with Gasteiger partial charge in [0.2, 0.25) is 0 Å². The van der Waals surface area contributed by atoms with Crippen molar-refractivity contribution < 1.29 is 9.13 Å². The summed E-state index contributed by atoms with van der Waals surface area (Å²) in [5, 5.41) is 7.12. The average Bonchev–Trinajstić information content (AvgIpc) is 3.38. The van der Waals surface area contributed by atoms with Crippen molar-refractivity contribution in [1.29, 1.82) is 0 Å². The maximum Gasteiger partial charge on any atom is 0.123 e. The fraction of sp³-hybridized carbons (Fsp3) is 0.192. The van der Waals surface area contributed by atoms with Crippen LogP contribution in [0.1, 0.15) is 11.1 Å². The second-order valence-corrected chi connectivity index (χ2v) is 7.83. The number of methoxy groups -OCH3 is 1. The lowest BCUT2D eigenvalue weighted by Crippen LogP contribution is -2.34. The van der Waals surface area contributed by atoms with Gasteiger partial charge in [-0.05, 0) is 48.4 Å². The van der Waals surface area contributed by atoms with Crippen molar-refractivity contribution in [1.82, 2.24) is 4.90 Å². The second kappa shape index (κ2) is 8.26. The molecule has 1 atom stereocenters. The van der Waals surface area contributed by atoms with E-state index in [1.807, 2.05) is 42.5 Å². The molecule has 2 aliphatic heterocycles. The minimum Gasteiger partial charge on any atom is -0.497 e. The molecule has 31 heavy (non-hydrogen) atoms. The van der Waals surface area contributed by atoms with Gasteiger partial charge in [0.05, 0.1) is 24.6 Å². The zero-order chi connectivity index (χ0) is 21.2. The molecule has 0 bridgehead atoms. The number of hydrazone groups is 1. The first-order chi connectivity index (χ1) is 15.2. The number of hydrogen-bond acceptors (Lipinski definition) is 4. The Morgan fingerprint density at radius 2 is 1.71 bits per heavy atom. The average molecular weight is 413 g/mol. The minimum absolute atomic E-state index is 0.164. The largest absolute Gasteiger partial charge is 0.497 e. The third-order valence-corrected chi connectivity index (χ3v) is 5.85. The summed E-state index contributed by atoms with van der Waals surface area (Å²) in [6.45, 7) is 1.74. The highest BCUT2D eigenvalue weighted by Gasteiger charge is 2.38. The monoisotopic (exact) mass is 413 g/mol. The molecule has 0 N–H and O–H groups in total. The van der Waals surface area contributed by atoms with Gasteiger partial charge in [-0.2, -0.15) is 5.10 Å². The molecule has 4 nitrogen and oxygen atoms in total. The molecular formula is C26H24FN3O. The van der Waals surface area contributed by atoms with Gasteiger partial charge in [0.25, 0.3) is 0 Å². The van der Waals surface area contributed by atoms with Gasteiger partial charge >= 0.3 is 0 Å². The van der Waals surface area contributed by atoms with Crippen molar-refractivity contribution in [2.45, 2.75) is 12.5 Å². The maximum absolute atomic E-state index is 13.2. The van der Waals surface area contributed by atoms with Crippen LogP contribution >= 0.6 is 0 Å². The van der Waals surface area contributed by atoms with E-state index < -0.39 is 0 Å². The van der Waals surface area contributed by atoms with E-state index in [2.05, 4.69) is 40.4 Å². The van der Waals surface area contributed by atoms with Crippen LogP contribution in [0, 0.1) is 5.82 Å². The Hall–Kier alpha value is -3.60. The zero-order valence-electron chi connectivity index (χ0n) is 17.4. The minimum atomic E-state index is -0.194. The molecule has 2 aliphatic rings. The fourth-order valence-electron chi connectivity index (χ4n) is 4.19. The molecule has 0 spiro atoms. The molecule has 0 amide bonds. The third-order valence-electron chi connectivity index (χ3n) is 5.85. The van der Waals surface area contributed by atoms with E-state index in [0.29, 0.717) is 0 Å². The van der Waals surface area contributed by atoms with E-state index in [1.54, 1.807) is 7.11 Å². The van der Waals surface area contributed by atoms with Crippen LogP contribution in [0.2, 0.25) is 0 Å². The van der Waals surface area contributed by atoms with Crippen LogP contribution in [0.3, 0.4) is 0 Å². The summed E-state index contributed by atoms with van der Waals surface area (Å²) in [5.74, 6) is 0.638. The molecule has 0 radical (unpaired) electrons. The van der Waals surface area contributed by atoms with Gasteiger partial charge in [-0.25, -0.2) is 4.39 Å². The van der Waals surface area contributed by atoms with E-state index in [4.69, 9.17) is 9.84 Å². The smallest absolute Gasteiger partial charge is 0.123 e. The van der Waals surface area contributed by atoms with Crippen LogP contribution in [-0.4, -0.2) is 36.9 Å². The van der Waals surface area contributed by atoms with Crippen LogP contribution in [-0.2, 0) is 6.42 Å². The predicted molar refractivity (Wildman–Crippen MR) is 122 cm³/mol. The summed E-state index contributed by atoms with van der Waals surface area (Å²) in [4.78, 5) is 2.34. The van der Waals surface area contributed by atoms with Crippen molar-refractivity contribution >= 4 is 11.4 Å². The van der Waals surface area contributed by atoms with Crippen molar-refractivity contribution in [3.05, 3.63) is 108 Å². The summed E-state index contributed by atoms with van der Waals surface area (Å²) in [6, 6.07) is 25.3. The van der Waals surface area contributed by atoms with E-state index >= 15 is 0 Å². The summed E-state index contributed by atoms with van der Waals surface area (Å²) in [6.07, 6.45) is 3.11. The molecule has 1 unspecified atom stereocenters. The molecule has 156 valence electrons. The second-order valence-electron chi connectivity index (χ2n) is 7.83. The van der Waals surface area contributed by atoms with Gasteiger partial charge in [-0.1, -0.05) is 42.5 Å². The highest BCUT2D eigenvalue weighted by molar-refractivity contribution is 6.16. The van der Waals surface area contributed by atoms with Crippen LogP contribution in [0.4, 0.5) is 10.1 Å². The maximum atomic E-state index is 13.2. The molecule has 0 aliphatic carbocycles. The number of nitrogens with zero attached hydrogens (tertiary/aromatic N) is 3. The van der Waals surface area contributed by atoms with Crippen LogP contribution in [0.5, 0.6) is 5.75 Å². The third kappa shape index (κ3) is 3.91. The lowest BCUT2D eigenvalue weighted by atomic mass is 10.0. The molecule has 2 heterocycles. The van der Waals surface area contributed by atoms with Gasteiger partial charge in [0, 0.05) is 30.4 Å². The fourth-order valence-corrected chi connectivity index (χ4v) is 4.19. The first-order valence-electron chi connectivity index (χ1n) is 10.5. The lowest BCUT2D eigenvalue weighted by Gasteiger charge is -2.24. The molecular weight excluding hydrogens is 389 g/mol. The van der Waals surface area contributed by atoms with Gasteiger partial charge < -0.3 is 9.64 Å². The molecule has 0 saturated carbocycles. The summed E-state index contributed by atoms with van der Waals surface area (Å²) in [5.41, 5.74) is 5.56. The first-order valence-corrected chi connectivity index (χ1v) is 10.5. The number of anilines is 1. The zero-order valence-corrected chi connectivity index (χ0v) is 17.4. The Balaban J connectivity index is 1.41. The Bertz CT molecular complexity index is 1110. The SMILES string of the molecule is COc1ccc(N2N=C(c3ccccc3)C3=CN(CCc4ccc(F)cc4)CC32)cc1. The summed E-state index contributed by atoms with van der Waals surface area (Å²) < 4.78 is 18.5. The number of halogens is 1. The Labute approximate surface area is 181 Å². The van der Waals surface area contributed by atoms with E-state index in [0.717, 1.165) is 47.8 Å². The van der Waals surface area contributed by atoms with Gasteiger partial charge in [0.15, 0.2) is 0 Å². The molecule has 5 rings (SSSR count). The van der Waals surface area contributed by atoms with Crippen molar-refractivity contribution in [2.75, 3.05) is 25.2 Å².